The average molecular weight is 309 g/mol. The number of nitrogens with zero attached hydrogens (tertiary/aromatic N) is 1. The van der Waals surface area contributed by atoms with E-state index in [1.54, 1.807) is 0 Å². The molecule has 0 aliphatic carbocycles. The highest BCUT2D eigenvalue weighted by atomic mass is 16.5. The van der Waals surface area contributed by atoms with Crippen LogP contribution in [0.15, 0.2) is 0 Å². The first kappa shape index (κ1) is 16.2. The molecule has 3 heterocycles. The molecule has 3 saturated heterocycles. The Morgan fingerprint density at radius 2 is 1.95 bits per heavy atom. The minimum atomic E-state index is 0.125. The maximum Gasteiger partial charge on any atom is 0.223 e. The van der Waals surface area contributed by atoms with Crippen LogP contribution < -0.4 is 10.6 Å². The Morgan fingerprint density at radius 1 is 1.27 bits per heavy atom. The number of piperidine rings is 1. The van der Waals surface area contributed by atoms with Crippen LogP contribution in [0.3, 0.4) is 0 Å². The monoisotopic (exact) mass is 309 g/mol. The summed E-state index contributed by atoms with van der Waals surface area (Å²) in [4.78, 5) is 15.1. The Morgan fingerprint density at radius 3 is 2.55 bits per heavy atom. The van der Waals surface area contributed by atoms with Crippen molar-refractivity contribution in [3.05, 3.63) is 0 Å². The molecule has 126 valence electrons. The van der Waals surface area contributed by atoms with E-state index in [0.29, 0.717) is 5.92 Å². The Bertz CT molecular complexity index is 372. The quantitative estimate of drug-likeness (QED) is 0.795. The van der Waals surface area contributed by atoms with Crippen LogP contribution >= 0.6 is 0 Å². The smallest absolute Gasteiger partial charge is 0.223 e. The van der Waals surface area contributed by atoms with E-state index < -0.39 is 0 Å². The topological polar surface area (TPSA) is 53.6 Å². The van der Waals surface area contributed by atoms with E-state index in [1.165, 1.54) is 32.4 Å². The van der Waals surface area contributed by atoms with Gasteiger partial charge in [0.05, 0.1) is 0 Å². The lowest BCUT2D eigenvalue weighted by atomic mass is 9.85. The molecule has 0 saturated carbocycles. The van der Waals surface area contributed by atoms with Crippen molar-refractivity contribution in [2.45, 2.75) is 44.6 Å². The van der Waals surface area contributed by atoms with E-state index >= 15 is 0 Å². The van der Waals surface area contributed by atoms with E-state index in [-0.39, 0.29) is 17.4 Å². The lowest BCUT2D eigenvalue weighted by Crippen LogP contribution is -2.60. The highest BCUT2D eigenvalue weighted by Crippen LogP contribution is 2.30. The Kier molecular flexibility index (Phi) is 5.37. The summed E-state index contributed by atoms with van der Waals surface area (Å²) in [6, 6.07) is 0. The van der Waals surface area contributed by atoms with E-state index in [0.717, 1.165) is 45.7 Å². The zero-order chi connectivity index (χ0) is 15.4. The van der Waals surface area contributed by atoms with Gasteiger partial charge < -0.3 is 15.4 Å². The third kappa shape index (κ3) is 3.47. The van der Waals surface area contributed by atoms with Gasteiger partial charge in [-0.2, -0.15) is 0 Å². The lowest BCUT2D eigenvalue weighted by Gasteiger charge is -2.48. The van der Waals surface area contributed by atoms with Crippen molar-refractivity contribution in [3.63, 3.8) is 0 Å². The van der Waals surface area contributed by atoms with Gasteiger partial charge in [0, 0.05) is 31.2 Å². The zero-order valence-corrected chi connectivity index (χ0v) is 13.9. The molecule has 2 N–H and O–H groups in total. The van der Waals surface area contributed by atoms with Crippen molar-refractivity contribution in [2.75, 3.05) is 45.9 Å². The molecule has 1 atom stereocenters. The van der Waals surface area contributed by atoms with Gasteiger partial charge in [0.15, 0.2) is 0 Å². The van der Waals surface area contributed by atoms with Crippen molar-refractivity contribution >= 4 is 5.91 Å². The van der Waals surface area contributed by atoms with Gasteiger partial charge in [-0.1, -0.05) is 13.3 Å². The molecule has 0 aromatic rings. The number of hydrogen-bond acceptors (Lipinski definition) is 4. The summed E-state index contributed by atoms with van der Waals surface area (Å²) in [5.41, 5.74) is 0.131. The Hall–Kier alpha value is -0.650. The first-order valence-electron chi connectivity index (χ1n) is 9.02. The molecular weight excluding hydrogens is 278 g/mol. The third-order valence-corrected chi connectivity index (χ3v) is 5.98. The number of nitrogens with one attached hydrogen (secondary N) is 2. The van der Waals surface area contributed by atoms with Crippen LogP contribution in [-0.2, 0) is 9.53 Å². The van der Waals surface area contributed by atoms with E-state index in [2.05, 4.69) is 22.5 Å². The van der Waals surface area contributed by atoms with Gasteiger partial charge in [-0.05, 0) is 57.8 Å². The third-order valence-electron chi connectivity index (χ3n) is 5.98. The minimum Gasteiger partial charge on any atom is -0.381 e. The number of carbonyl (C=O) groups is 1. The summed E-state index contributed by atoms with van der Waals surface area (Å²) >= 11 is 0. The molecule has 3 aliphatic heterocycles. The number of amides is 1. The molecule has 3 fully saturated rings. The molecule has 1 unspecified atom stereocenters. The number of carbonyl (C=O) groups excluding carboxylic acids is 1. The van der Waals surface area contributed by atoms with Crippen LogP contribution in [0.1, 0.15) is 39.0 Å². The Balaban J connectivity index is 1.58. The van der Waals surface area contributed by atoms with Crippen molar-refractivity contribution < 1.29 is 9.53 Å². The fraction of sp³-hybridized carbons (Fsp3) is 0.941. The van der Waals surface area contributed by atoms with Crippen molar-refractivity contribution in [1.82, 2.24) is 15.5 Å². The second kappa shape index (κ2) is 7.28. The van der Waals surface area contributed by atoms with Gasteiger partial charge in [-0.3, -0.25) is 9.69 Å². The fourth-order valence-corrected chi connectivity index (χ4v) is 4.02. The first-order valence-corrected chi connectivity index (χ1v) is 9.02. The van der Waals surface area contributed by atoms with Crippen LogP contribution in [0.5, 0.6) is 0 Å². The molecule has 0 bridgehead atoms. The van der Waals surface area contributed by atoms with Crippen LogP contribution in [-0.4, -0.2) is 62.3 Å². The first-order chi connectivity index (χ1) is 10.7. The molecule has 3 aliphatic rings. The van der Waals surface area contributed by atoms with Gasteiger partial charge in [0.25, 0.3) is 0 Å². The molecule has 22 heavy (non-hydrogen) atoms. The summed E-state index contributed by atoms with van der Waals surface area (Å²) in [6.45, 7) is 8.84. The van der Waals surface area contributed by atoms with E-state index in [9.17, 15) is 4.79 Å². The lowest BCUT2D eigenvalue weighted by molar-refractivity contribution is -0.128. The second-order valence-electron chi connectivity index (χ2n) is 7.31. The second-order valence-corrected chi connectivity index (χ2v) is 7.31. The summed E-state index contributed by atoms with van der Waals surface area (Å²) in [6.07, 6.45) is 6.03. The van der Waals surface area contributed by atoms with Crippen LogP contribution in [0.4, 0.5) is 0 Å². The molecular formula is C17H31N3O2. The molecule has 5 heteroatoms. The fourth-order valence-electron chi connectivity index (χ4n) is 4.02. The zero-order valence-electron chi connectivity index (χ0n) is 13.9. The molecule has 0 spiro atoms. The molecule has 3 rings (SSSR count). The van der Waals surface area contributed by atoms with Gasteiger partial charge in [0.2, 0.25) is 5.91 Å². The SMILES string of the molecule is CC(C(=O)NCC1(N2CCCCC2)CCOCC1)C1CNC1. The van der Waals surface area contributed by atoms with Gasteiger partial charge in [0.1, 0.15) is 0 Å². The normalized spacial score (nSPS) is 27.9. The summed E-state index contributed by atoms with van der Waals surface area (Å²) < 4.78 is 5.59. The van der Waals surface area contributed by atoms with Crippen molar-refractivity contribution in [3.8, 4) is 0 Å². The van der Waals surface area contributed by atoms with Crippen molar-refractivity contribution in [1.29, 1.82) is 0 Å². The highest BCUT2D eigenvalue weighted by Gasteiger charge is 2.39. The summed E-state index contributed by atoms with van der Waals surface area (Å²) in [7, 11) is 0. The van der Waals surface area contributed by atoms with E-state index in [1.807, 2.05) is 0 Å². The highest BCUT2D eigenvalue weighted by molar-refractivity contribution is 5.78. The van der Waals surface area contributed by atoms with Crippen molar-refractivity contribution in [2.24, 2.45) is 11.8 Å². The number of hydrogen-bond donors (Lipinski definition) is 2. The van der Waals surface area contributed by atoms with Crippen LogP contribution in [0, 0.1) is 11.8 Å². The number of ether oxygens (including phenoxy) is 1. The molecule has 5 nitrogen and oxygen atoms in total. The van der Waals surface area contributed by atoms with Gasteiger partial charge in [-0.25, -0.2) is 0 Å². The molecule has 0 radical (unpaired) electrons. The number of likely N-dealkylation sites (tertiary alicyclic amines) is 1. The molecule has 1 amide bonds. The molecule has 0 aromatic heterocycles. The van der Waals surface area contributed by atoms with Gasteiger partial charge >= 0.3 is 0 Å². The predicted molar refractivity (Wildman–Crippen MR) is 86.7 cm³/mol. The maximum absolute atomic E-state index is 12.5. The van der Waals surface area contributed by atoms with Crippen LogP contribution in [0.2, 0.25) is 0 Å². The van der Waals surface area contributed by atoms with Gasteiger partial charge in [-0.15, -0.1) is 0 Å². The predicted octanol–water partition coefficient (Wildman–Crippen LogP) is 0.993. The summed E-state index contributed by atoms with van der Waals surface area (Å²) in [5.74, 6) is 0.870. The standard InChI is InChI=1S/C17H31N3O2/c1-14(15-11-18-12-15)16(21)19-13-17(5-9-22-10-6-17)20-7-3-2-4-8-20/h14-15,18H,2-13H2,1H3,(H,19,21). The largest absolute Gasteiger partial charge is 0.381 e. The minimum absolute atomic E-state index is 0.125. The number of rotatable bonds is 5. The average Bonchev–Trinajstić information content (AvgIpc) is 2.52. The summed E-state index contributed by atoms with van der Waals surface area (Å²) in [5, 5.41) is 6.53. The van der Waals surface area contributed by atoms with E-state index in [4.69, 9.17) is 4.74 Å². The maximum atomic E-state index is 12.5. The molecule has 0 aromatic carbocycles. The Labute approximate surface area is 134 Å². The van der Waals surface area contributed by atoms with Crippen LogP contribution in [0.25, 0.3) is 0 Å².